The Hall–Kier alpha value is -1.26. The van der Waals surface area contributed by atoms with Gasteiger partial charge in [-0.15, -0.1) is 0 Å². The van der Waals surface area contributed by atoms with E-state index >= 15 is 0 Å². The van der Waals surface area contributed by atoms with Crippen LogP contribution in [0.25, 0.3) is 0 Å². The number of rotatable bonds is 11. The average Bonchev–Trinajstić information content (AvgIpc) is 2.35. The molecule has 0 rings (SSSR count). The number of hydrogen-bond donors (Lipinski definition) is 4. The van der Waals surface area contributed by atoms with Crippen LogP contribution in [0, 0.1) is 5.41 Å². The summed E-state index contributed by atoms with van der Waals surface area (Å²) in [7, 11) is 0. The fourth-order valence-electron chi connectivity index (χ4n) is 1.98. The Morgan fingerprint density at radius 2 is 1.37 bits per heavy atom. The molecule has 112 valence electrons. The Kier molecular flexibility index (Phi) is 12.3. The lowest BCUT2D eigenvalue weighted by molar-refractivity contribution is 0.558. The summed E-state index contributed by atoms with van der Waals surface area (Å²) in [6.07, 6.45) is 13.1. The minimum Gasteiger partial charge on any atom is -0.370 e. The Morgan fingerprint density at radius 1 is 0.895 bits per heavy atom. The number of hydrogen-bond acceptors (Lipinski definition) is 2. The maximum atomic E-state index is 6.98. The molecule has 0 fully saturated rings. The van der Waals surface area contributed by atoms with Gasteiger partial charge < -0.3 is 11.5 Å². The molecule has 0 heterocycles. The summed E-state index contributed by atoms with van der Waals surface area (Å²) in [5.74, 6) is 0.0766. The van der Waals surface area contributed by atoms with E-state index in [0.717, 1.165) is 6.42 Å². The highest BCUT2D eigenvalue weighted by Crippen LogP contribution is 2.10. The molecule has 6 N–H and O–H groups in total. The largest absolute Gasteiger partial charge is 0.370 e. The highest BCUT2D eigenvalue weighted by molar-refractivity contribution is 5.95. The molecule has 0 radical (unpaired) electrons. The molecule has 0 aromatic rings. The SMILES string of the molecule is CCCCCCCCCCCCN=C(N)NC(=N)N. The van der Waals surface area contributed by atoms with Gasteiger partial charge in [0.05, 0.1) is 0 Å². The molecule has 0 aliphatic rings. The van der Waals surface area contributed by atoms with Crippen molar-refractivity contribution in [3.8, 4) is 0 Å². The molecule has 19 heavy (non-hydrogen) atoms. The van der Waals surface area contributed by atoms with Crippen LogP contribution in [0.4, 0.5) is 0 Å². The second kappa shape index (κ2) is 13.2. The molecule has 0 aliphatic carbocycles. The smallest absolute Gasteiger partial charge is 0.195 e. The zero-order valence-electron chi connectivity index (χ0n) is 12.4. The molecule has 0 aliphatic heterocycles. The van der Waals surface area contributed by atoms with Crippen molar-refractivity contribution in [2.24, 2.45) is 16.5 Å². The molecule has 0 spiro atoms. The lowest BCUT2D eigenvalue weighted by Crippen LogP contribution is -2.40. The van der Waals surface area contributed by atoms with E-state index in [-0.39, 0.29) is 11.9 Å². The molecule has 5 heteroatoms. The van der Waals surface area contributed by atoms with Gasteiger partial charge in [0, 0.05) is 6.54 Å². The molecule has 0 bridgehead atoms. The second-order valence-corrected chi connectivity index (χ2v) is 4.99. The predicted octanol–water partition coefficient (Wildman–Crippen LogP) is 2.71. The average molecular weight is 269 g/mol. The predicted molar refractivity (Wildman–Crippen MR) is 83.4 cm³/mol. The lowest BCUT2D eigenvalue weighted by Gasteiger charge is -2.03. The van der Waals surface area contributed by atoms with Crippen molar-refractivity contribution in [1.82, 2.24) is 5.32 Å². The summed E-state index contributed by atoms with van der Waals surface area (Å²) in [5.41, 5.74) is 10.6. The number of nitrogens with one attached hydrogen (secondary N) is 2. The third-order valence-corrected chi connectivity index (χ3v) is 3.06. The van der Waals surface area contributed by atoms with E-state index in [1.54, 1.807) is 0 Å². The van der Waals surface area contributed by atoms with Gasteiger partial charge >= 0.3 is 0 Å². The number of guanidine groups is 2. The minimum absolute atomic E-state index is 0.163. The molecule has 5 nitrogen and oxygen atoms in total. The fraction of sp³-hybridized carbons (Fsp3) is 0.857. The van der Waals surface area contributed by atoms with Crippen LogP contribution in [0.15, 0.2) is 4.99 Å². The first-order valence-corrected chi connectivity index (χ1v) is 7.57. The van der Waals surface area contributed by atoms with Crippen molar-refractivity contribution in [1.29, 1.82) is 5.41 Å². The van der Waals surface area contributed by atoms with Crippen LogP contribution in [-0.4, -0.2) is 18.5 Å². The Morgan fingerprint density at radius 3 is 1.84 bits per heavy atom. The summed E-state index contributed by atoms with van der Waals surface area (Å²) in [4.78, 5) is 4.09. The summed E-state index contributed by atoms with van der Waals surface area (Å²) >= 11 is 0. The van der Waals surface area contributed by atoms with Crippen LogP contribution in [-0.2, 0) is 0 Å². The Bertz CT molecular complexity index is 250. The van der Waals surface area contributed by atoms with Crippen LogP contribution < -0.4 is 16.8 Å². The van der Waals surface area contributed by atoms with Crippen molar-refractivity contribution in [3.63, 3.8) is 0 Å². The number of aliphatic imine (C=N–C) groups is 1. The van der Waals surface area contributed by atoms with Crippen LogP contribution in [0.3, 0.4) is 0 Å². The lowest BCUT2D eigenvalue weighted by atomic mass is 10.1. The molecule has 0 saturated carbocycles. The van der Waals surface area contributed by atoms with Crippen LogP contribution in [0.2, 0.25) is 0 Å². The highest BCUT2D eigenvalue weighted by atomic mass is 15.2. The molecule has 0 saturated heterocycles. The molecule has 0 atom stereocenters. The number of nitrogens with two attached hydrogens (primary N) is 2. The molecular formula is C14H31N5. The van der Waals surface area contributed by atoms with E-state index in [2.05, 4.69) is 17.2 Å². The van der Waals surface area contributed by atoms with E-state index < -0.39 is 0 Å². The highest BCUT2D eigenvalue weighted by Gasteiger charge is 1.94. The summed E-state index contributed by atoms with van der Waals surface area (Å²) in [5, 5.41) is 9.45. The summed E-state index contributed by atoms with van der Waals surface area (Å²) < 4.78 is 0. The topological polar surface area (TPSA) is 100 Å². The van der Waals surface area contributed by atoms with Crippen molar-refractivity contribution in [2.75, 3.05) is 6.54 Å². The second-order valence-electron chi connectivity index (χ2n) is 4.99. The van der Waals surface area contributed by atoms with E-state index in [4.69, 9.17) is 16.9 Å². The quantitative estimate of drug-likeness (QED) is 0.263. The van der Waals surface area contributed by atoms with Crippen LogP contribution in [0.1, 0.15) is 71.1 Å². The molecule has 0 unspecified atom stereocenters. The van der Waals surface area contributed by atoms with Crippen molar-refractivity contribution in [3.05, 3.63) is 0 Å². The van der Waals surface area contributed by atoms with Crippen molar-refractivity contribution >= 4 is 11.9 Å². The summed E-state index contributed by atoms with van der Waals surface area (Å²) in [6.45, 7) is 2.96. The normalized spacial score (nSPS) is 11.5. The minimum atomic E-state index is -0.163. The first kappa shape index (κ1) is 17.7. The first-order chi connectivity index (χ1) is 9.16. The van der Waals surface area contributed by atoms with Crippen LogP contribution >= 0.6 is 0 Å². The zero-order chi connectivity index (χ0) is 14.3. The molecule has 0 aromatic heterocycles. The van der Waals surface area contributed by atoms with E-state index in [0.29, 0.717) is 6.54 Å². The van der Waals surface area contributed by atoms with Gasteiger partial charge in [-0.2, -0.15) is 0 Å². The van der Waals surface area contributed by atoms with Crippen LogP contribution in [0.5, 0.6) is 0 Å². The number of unbranched alkanes of at least 4 members (excludes halogenated alkanes) is 9. The van der Waals surface area contributed by atoms with Gasteiger partial charge in [-0.3, -0.25) is 15.7 Å². The molecular weight excluding hydrogens is 238 g/mol. The van der Waals surface area contributed by atoms with Gasteiger partial charge in [0.25, 0.3) is 0 Å². The molecule has 0 aromatic carbocycles. The summed E-state index contributed by atoms with van der Waals surface area (Å²) in [6, 6.07) is 0. The zero-order valence-corrected chi connectivity index (χ0v) is 12.4. The van der Waals surface area contributed by atoms with Gasteiger partial charge in [-0.05, 0) is 6.42 Å². The maximum absolute atomic E-state index is 6.98. The van der Waals surface area contributed by atoms with E-state index in [1.165, 1.54) is 57.8 Å². The van der Waals surface area contributed by atoms with Gasteiger partial charge in [0.2, 0.25) is 0 Å². The third kappa shape index (κ3) is 14.7. The van der Waals surface area contributed by atoms with Crippen molar-refractivity contribution < 1.29 is 0 Å². The van der Waals surface area contributed by atoms with Gasteiger partial charge in [0.1, 0.15) is 0 Å². The first-order valence-electron chi connectivity index (χ1n) is 7.57. The van der Waals surface area contributed by atoms with E-state index in [1.807, 2.05) is 0 Å². The third-order valence-electron chi connectivity index (χ3n) is 3.06. The molecule has 0 amide bonds. The van der Waals surface area contributed by atoms with Gasteiger partial charge in [-0.1, -0.05) is 64.7 Å². The van der Waals surface area contributed by atoms with Gasteiger partial charge in [-0.25, -0.2) is 0 Å². The monoisotopic (exact) mass is 269 g/mol. The van der Waals surface area contributed by atoms with E-state index in [9.17, 15) is 0 Å². The van der Waals surface area contributed by atoms with Crippen molar-refractivity contribution in [2.45, 2.75) is 71.1 Å². The maximum Gasteiger partial charge on any atom is 0.195 e. The van der Waals surface area contributed by atoms with Gasteiger partial charge in [0.15, 0.2) is 11.9 Å². The Labute approximate surface area is 117 Å². The Balaban J connectivity index is 3.20. The standard InChI is InChI=1S/C14H31N5/c1-2-3-4-5-6-7-8-9-10-11-12-18-14(17)19-13(15)16/h2-12H2,1H3,(H6,15,16,17,18,19). The fourth-order valence-corrected chi connectivity index (χ4v) is 1.98. The number of nitrogens with zero attached hydrogens (tertiary/aromatic N) is 1.